The number of hydrogen-bond acceptors (Lipinski definition) is 21. The van der Waals surface area contributed by atoms with Gasteiger partial charge in [0.25, 0.3) is 0 Å². The Balaban J connectivity index is 2.36. The first-order valence-electron chi connectivity index (χ1n) is 24.6. The highest BCUT2D eigenvalue weighted by Gasteiger charge is 2.58. The third kappa shape index (κ3) is 17.0. The zero-order chi connectivity index (χ0) is 52.8. The van der Waals surface area contributed by atoms with Gasteiger partial charge in [-0.25, -0.2) is 10.0 Å². The second-order valence-corrected chi connectivity index (χ2v) is 19.5. The van der Waals surface area contributed by atoms with Gasteiger partial charge in [-0.15, -0.1) is 0 Å². The summed E-state index contributed by atoms with van der Waals surface area (Å²) in [5.41, 5.74) is -1.36. The second kappa shape index (κ2) is 28.1. The van der Waals surface area contributed by atoms with Crippen molar-refractivity contribution in [2.45, 2.75) is 199 Å². The van der Waals surface area contributed by atoms with E-state index >= 15 is 0 Å². The fourth-order valence-corrected chi connectivity index (χ4v) is 10.2. The predicted octanol–water partition coefficient (Wildman–Crippen LogP) is 3.84. The molecular formula is C49H85N3O18. The van der Waals surface area contributed by atoms with E-state index in [4.69, 9.17) is 56.8 Å². The number of rotatable bonds is 16. The van der Waals surface area contributed by atoms with Gasteiger partial charge in [-0.05, 0) is 66.5 Å². The van der Waals surface area contributed by atoms with Crippen LogP contribution in [-0.4, -0.2) is 199 Å². The molecule has 0 N–H and O–H groups in total. The summed E-state index contributed by atoms with van der Waals surface area (Å²) in [6, 6.07) is -0.788. The maximum atomic E-state index is 14.0. The summed E-state index contributed by atoms with van der Waals surface area (Å²) in [7, 11) is 11.9. The Hall–Kier alpha value is -3.54. The van der Waals surface area contributed by atoms with Crippen molar-refractivity contribution in [2.75, 3.05) is 62.6 Å². The monoisotopic (exact) mass is 1000 g/mol. The first-order valence-corrected chi connectivity index (χ1v) is 24.6. The third-order valence-corrected chi connectivity index (χ3v) is 13.7. The Morgan fingerprint density at radius 3 is 1.94 bits per heavy atom. The van der Waals surface area contributed by atoms with Crippen molar-refractivity contribution in [3.63, 3.8) is 0 Å². The number of nitrogens with zero attached hydrogens (tertiary/aromatic N) is 3. The first kappa shape index (κ1) is 60.8. The molecule has 0 radical (unpaired) electrons. The fourth-order valence-electron chi connectivity index (χ4n) is 10.2. The fraction of sp³-hybridized carbons (Fsp3) is 0.878. The molecule has 0 bridgehead atoms. The summed E-state index contributed by atoms with van der Waals surface area (Å²) in [6.45, 7) is 16.9. The van der Waals surface area contributed by atoms with E-state index in [9.17, 15) is 28.8 Å². The molecule has 0 aliphatic carbocycles. The van der Waals surface area contributed by atoms with Crippen LogP contribution in [0.25, 0.3) is 0 Å². The van der Waals surface area contributed by atoms with Crippen LogP contribution in [0.5, 0.6) is 0 Å². The van der Waals surface area contributed by atoms with Gasteiger partial charge >= 0.3 is 35.8 Å². The molecule has 3 aliphatic heterocycles. The summed E-state index contributed by atoms with van der Waals surface area (Å²) in [5.74, 6) is -5.29. The van der Waals surface area contributed by atoms with Crippen LogP contribution in [0.3, 0.4) is 0 Å². The van der Waals surface area contributed by atoms with E-state index in [0.29, 0.717) is 25.9 Å². The molecule has 21 heteroatoms. The molecule has 3 rings (SSSR count). The number of esters is 6. The average Bonchev–Trinajstić information content (AvgIpc) is 3.26. The molecule has 0 saturated carbocycles. The maximum absolute atomic E-state index is 14.0. The van der Waals surface area contributed by atoms with Crippen molar-refractivity contribution < 1.29 is 85.6 Å². The van der Waals surface area contributed by atoms with Crippen molar-refractivity contribution in [1.29, 1.82) is 0 Å². The molecule has 0 spiro atoms. The smallest absolute Gasteiger partial charge is 0.309 e. The highest BCUT2D eigenvalue weighted by molar-refractivity contribution is 5.73. The molecule has 3 heterocycles. The average molecular weight is 1000 g/mol. The Morgan fingerprint density at radius 2 is 1.40 bits per heavy atom. The largest absolute Gasteiger partial charge is 0.463 e. The van der Waals surface area contributed by atoms with Gasteiger partial charge in [-0.3, -0.25) is 28.8 Å². The Labute approximate surface area is 415 Å². The lowest BCUT2D eigenvalue weighted by Crippen LogP contribution is -2.68. The molecule has 404 valence electrons. The second-order valence-electron chi connectivity index (χ2n) is 19.5. The van der Waals surface area contributed by atoms with Crippen LogP contribution in [0.1, 0.15) is 114 Å². The lowest BCUT2D eigenvalue weighted by molar-refractivity contribution is -0.320. The van der Waals surface area contributed by atoms with Crippen LogP contribution in [0.2, 0.25) is 0 Å². The van der Waals surface area contributed by atoms with Crippen LogP contribution in [0, 0.1) is 17.8 Å². The third-order valence-electron chi connectivity index (χ3n) is 13.7. The van der Waals surface area contributed by atoms with Crippen LogP contribution in [0.15, 0.2) is 0 Å². The molecule has 0 unspecified atom stereocenters. The number of methoxy groups -OCH3 is 3. The zero-order valence-corrected chi connectivity index (χ0v) is 44.8. The van der Waals surface area contributed by atoms with Gasteiger partial charge in [0.05, 0.1) is 31.2 Å². The number of hydrogen-bond donors (Lipinski definition) is 0. The Morgan fingerprint density at radius 1 is 0.786 bits per heavy atom. The van der Waals surface area contributed by atoms with Gasteiger partial charge in [-0.1, -0.05) is 20.8 Å². The molecule has 3 fully saturated rings. The minimum atomic E-state index is -1.36. The van der Waals surface area contributed by atoms with Gasteiger partial charge in [0.1, 0.15) is 42.7 Å². The number of carbonyl (C=O) groups is 6. The summed E-state index contributed by atoms with van der Waals surface area (Å²) in [6.07, 6.45) is -10.5. The van der Waals surface area contributed by atoms with E-state index in [0.717, 1.165) is 0 Å². The quantitative estimate of drug-likeness (QED) is 0.122. The summed E-state index contributed by atoms with van der Waals surface area (Å²) >= 11 is 0. The number of ether oxygens (including phenoxy) is 12. The van der Waals surface area contributed by atoms with E-state index in [-0.39, 0.29) is 31.6 Å². The topological polar surface area (TPSA) is 223 Å². The minimum absolute atomic E-state index is 0.0161. The van der Waals surface area contributed by atoms with E-state index in [1.807, 2.05) is 35.9 Å². The normalized spacial score (nSPS) is 35.6. The number of hydrazine groups is 1. The number of carbonyl (C=O) groups excluding carboxylic acids is 6. The molecule has 3 aliphatic rings. The van der Waals surface area contributed by atoms with Crippen LogP contribution >= 0.6 is 0 Å². The molecule has 0 aromatic rings. The van der Waals surface area contributed by atoms with Gasteiger partial charge in [0, 0.05) is 94.3 Å². The highest BCUT2D eigenvalue weighted by atomic mass is 16.7. The molecule has 70 heavy (non-hydrogen) atoms. The Kier molecular flexibility index (Phi) is 24.4. The number of likely N-dealkylation sites (N-methyl/N-ethyl adjacent to an activating group) is 2. The van der Waals surface area contributed by atoms with E-state index in [1.165, 1.54) is 42.1 Å². The molecule has 16 atom stereocenters. The molecule has 0 amide bonds. The lowest BCUT2D eigenvalue weighted by atomic mass is 9.70. The molecule has 21 nitrogen and oxygen atoms in total. The van der Waals surface area contributed by atoms with Crippen molar-refractivity contribution in [3.8, 4) is 0 Å². The lowest BCUT2D eigenvalue weighted by Gasteiger charge is -2.54. The highest BCUT2D eigenvalue weighted by Crippen LogP contribution is 2.44. The SMILES string of the molecule is CCC(=O)O[C@@H]1CC(=O)O[C@H](C)CCN(C)N(C)C[C@H](OC(C)=O)[C@H](C)C[C@H](CC(OC)OC)[C@H]([C@@H]2O[C@H](C)[C@@H](O[C@H]3C[C@@](C)(OC(C)=O)[C@@H](OC(=O)CC)[C@H](C)O3)[C@H](N(C)C)[C@H]2OC(C)=O)[C@@H]1OC. The molecular weight excluding hydrogens is 919 g/mol. The zero-order valence-electron chi connectivity index (χ0n) is 44.8. The maximum Gasteiger partial charge on any atom is 0.309 e. The summed E-state index contributed by atoms with van der Waals surface area (Å²) in [4.78, 5) is 80.6. The number of cyclic esters (lactones) is 1. The first-order chi connectivity index (χ1) is 32.8. The van der Waals surface area contributed by atoms with Crippen molar-refractivity contribution >= 4 is 35.8 Å². The Bertz CT molecular complexity index is 1700. The van der Waals surface area contributed by atoms with Crippen molar-refractivity contribution in [1.82, 2.24) is 14.9 Å². The standard InChI is InChI=1S/C49H85N3O18/c1-18-37(56)67-35-24-39(58)62-28(4)20-21-51(13)52(14)26-36(65-31(7)53)27(3)22-34(23-40(59-15)60-16)42(45(35)61-17)46-47(66-32(8)54)43(50(11)12)44(29(5)64-46)69-41-25-49(10,70-33(9)55)48(30(6)63-41)68-38(57)19-2/h27-30,34-36,40-48H,18-26H2,1-17H3/t27-,28-,29-,30+,34-,35-,36+,41+,42+,43+,44-,45-,46+,47-,48+,49-/m1/s1. The van der Waals surface area contributed by atoms with Crippen LogP contribution in [-0.2, 0) is 85.6 Å². The van der Waals surface area contributed by atoms with E-state index in [1.54, 1.807) is 55.6 Å². The van der Waals surface area contributed by atoms with Crippen LogP contribution < -0.4 is 0 Å². The van der Waals surface area contributed by atoms with Gasteiger partial charge in [-0.2, -0.15) is 0 Å². The van der Waals surface area contributed by atoms with Gasteiger partial charge in [0.2, 0.25) is 0 Å². The predicted molar refractivity (Wildman–Crippen MR) is 251 cm³/mol. The summed E-state index contributed by atoms with van der Waals surface area (Å²) < 4.78 is 74.7. The van der Waals surface area contributed by atoms with Crippen LogP contribution in [0.4, 0.5) is 0 Å². The molecule has 3 saturated heterocycles. The molecule has 0 aromatic carbocycles. The minimum Gasteiger partial charge on any atom is -0.463 e. The van der Waals surface area contributed by atoms with Crippen molar-refractivity contribution in [3.05, 3.63) is 0 Å². The van der Waals surface area contributed by atoms with E-state index < -0.39 is 139 Å². The van der Waals surface area contributed by atoms with Crippen molar-refractivity contribution in [2.24, 2.45) is 17.8 Å². The molecule has 0 aromatic heterocycles. The van der Waals surface area contributed by atoms with Gasteiger partial charge < -0.3 is 61.7 Å². The van der Waals surface area contributed by atoms with E-state index in [2.05, 4.69) is 0 Å². The summed E-state index contributed by atoms with van der Waals surface area (Å²) in [5, 5.41) is 3.92. The van der Waals surface area contributed by atoms with Gasteiger partial charge in [0.15, 0.2) is 24.3 Å².